The van der Waals surface area contributed by atoms with Crippen molar-refractivity contribution in [3.8, 4) is 5.75 Å². The number of hydrogen-bond donors (Lipinski definition) is 1. The Balaban J connectivity index is 1.62. The minimum atomic E-state index is -3.86. The molecule has 1 saturated heterocycles. The van der Waals surface area contributed by atoms with Crippen molar-refractivity contribution >= 4 is 21.6 Å². The van der Waals surface area contributed by atoms with Gasteiger partial charge in [0.25, 0.3) is 0 Å². The van der Waals surface area contributed by atoms with E-state index in [2.05, 4.69) is 4.72 Å². The number of nitrogens with zero attached hydrogens (tertiary/aromatic N) is 2. The number of aryl methyl sites for hydroxylation is 1. The molecule has 162 valence electrons. The number of para-hydroxylation sites is 1. The van der Waals surface area contributed by atoms with Crippen molar-refractivity contribution < 1.29 is 22.3 Å². The number of nitrogens with one attached hydrogen (secondary N) is 1. The van der Waals surface area contributed by atoms with E-state index in [1.54, 1.807) is 36.1 Å². The van der Waals surface area contributed by atoms with Gasteiger partial charge in [-0.05, 0) is 49.7 Å². The van der Waals surface area contributed by atoms with Crippen LogP contribution in [-0.4, -0.2) is 58.6 Å². The van der Waals surface area contributed by atoms with Gasteiger partial charge in [0.05, 0.1) is 23.7 Å². The van der Waals surface area contributed by atoms with Crippen LogP contribution in [0.1, 0.15) is 12.5 Å². The molecular weight excluding hydrogens is 409 g/mol. The maximum atomic E-state index is 14.0. The summed E-state index contributed by atoms with van der Waals surface area (Å²) >= 11 is 0. The predicted molar refractivity (Wildman–Crippen MR) is 113 cm³/mol. The number of amides is 1. The SMILES string of the molecule is COc1ccc(S(=O)(=O)N[C@H](C)C(=O)N2CCN(c3ccccc3F)CC2)cc1C. The van der Waals surface area contributed by atoms with Crippen LogP contribution in [0, 0.1) is 12.7 Å². The highest BCUT2D eigenvalue weighted by Gasteiger charge is 2.29. The molecule has 1 fully saturated rings. The van der Waals surface area contributed by atoms with Gasteiger partial charge in [-0.1, -0.05) is 12.1 Å². The summed E-state index contributed by atoms with van der Waals surface area (Å²) in [6, 6.07) is 10.1. The van der Waals surface area contributed by atoms with Crippen molar-refractivity contribution in [2.45, 2.75) is 24.8 Å². The fourth-order valence-electron chi connectivity index (χ4n) is 3.52. The second-order valence-corrected chi connectivity index (χ2v) is 8.95. The molecule has 1 amide bonds. The van der Waals surface area contributed by atoms with Crippen LogP contribution in [0.5, 0.6) is 5.75 Å². The van der Waals surface area contributed by atoms with Crippen LogP contribution >= 0.6 is 0 Å². The molecule has 9 heteroatoms. The van der Waals surface area contributed by atoms with Crippen LogP contribution in [-0.2, 0) is 14.8 Å². The van der Waals surface area contributed by atoms with Crippen LogP contribution in [0.15, 0.2) is 47.4 Å². The summed E-state index contributed by atoms with van der Waals surface area (Å²) in [5.74, 6) is -0.0176. The Hall–Kier alpha value is -2.65. The zero-order valence-corrected chi connectivity index (χ0v) is 18.1. The molecule has 0 spiro atoms. The summed E-state index contributed by atoms with van der Waals surface area (Å²) in [6.45, 7) is 5.01. The number of hydrogen-bond acceptors (Lipinski definition) is 5. The number of anilines is 1. The van der Waals surface area contributed by atoms with Gasteiger partial charge in [-0.3, -0.25) is 4.79 Å². The molecule has 1 N–H and O–H groups in total. The fourth-order valence-corrected chi connectivity index (χ4v) is 4.80. The lowest BCUT2D eigenvalue weighted by Gasteiger charge is -2.37. The second kappa shape index (κ2) is 9.01. The number of rotatable bonds is 6. The summed E-state index contributed by atoms with van der Waals surface area (Å²) in [6.07, 6.45) is 0. The van der Waals surface area contributed by atoms with Gasteiger partial charge in [0.15, 0.2) is 0 Å². The molecule has 0 aliphatic carbocycles. The summed E-state index contributed by atoms with van der Waals surface area (Å²) in [5.41, 5.74) is 1.19. The third kappa shape index (κ3) is 4.73. The van der Waals surface area contributed by atoms with Crippen LogP contribution in [0.25, 0.3) is 0 Å². The number of piperazine rings is 1. The molecule has 2 aromatic carbocycles. The molecule has 1 aliphatic heterocycles. The van der Waals surface area contributed by atoms with E-state index in [-0.39, 0.29) is 16.6 Å². The smallest absolute Gasteiger partial charge is 0.241 e. The third-order valence-electron chi connectivity index (χ3n) is 5.16. The van der Waals surface area contributed by atoms with E-state index in [1.807, 2.05) is 4.90 Å². The van der Waals surface area contributed by atoms with E-state index in [0.717, 1.165) is 0 Å². The van der Waals surface area contributed by atoms with Gasteiger partial charge >= 0.3 is 0 Å². The van der Waals surface area contributed by atoms with Gasteiger partial charge in [-0.2, -0.15) is 4.72 Å². The maximum Gasteiger partial charge on any atom is 0.241 e. The first-order valence-electron chi connectivity index (χ1n) is 9.68. The maximum absolute atomic E-state index is 14.0. The number of halogens is 1. The Morgan fingerprint density at radius 2 is 1.80 bits per heavy atom. The first-order chi connectivity index (χ1) is 14.2. The summed E-state index contributed by atoms with van der Waals surface area (Å²) in [7, 11) is -2.35. The topological polar surface area (TPSA) is 78.9 Å². The van der Waals surface area contributed by atoms with E-state index in [1.165, 1.54) is 32.2 Å². The zero-order valence-electron chi connectivity index (χ0n) is 17.3. The quantitative estimate of drug-likeness (QED) is 0.752. The van der Waals surface area contributed by atoms with Crippen molar-refractivity contribution in [1.29, 1.82) is 0 Å². The monoisotopic (exact) mass is 435 g/mol. The molecule has 0 aromatic heterocycles. The normalized spacial score (nSPS) is 15.7. The Kier molecular flexibility index (Phi) is 6.62. The molecule has 0 radical (unpaired) electrons. The van der Waals surface area contributed by atoms with E-state index < -0.39 is 16.1 Å². The van der Waals surface area contributed by atoms with Gasteiger partial charge in [-0.15, -0.1) is 0 Å². The first-order valence-corrected chi connectivity index (χ1v) is 11.2. The van der Waals surface area contributed by atoms with E-state index in [0.29, 0.717) is 43.2 Å². The Labute approximate surface area is 176 Å². The first kappa shape index (κ1) is 22.0. The van der Waals surface area contributed by atoms with Crippen molar-refractivity contribution in [2.75, 3.05) is 38.2 Å². The molecule has 30 heavy (non-hydrogen) atoms. The van der Waals surface area contributed by atoms with Gasteiger partial charge in [0.1, 0.15) is 11.6 Å². The molecule has 7 nitrogen and oxygen atoms in total. The number of sulfonamides is 1. The van der Waals surface area contributed by atoms with Gasteiger partial charge in [-0.25, -0.2) is 12.8 Å². The molecule has 0 saturated carbocycles. The summed E-state index contributed by atoms with van der Waals surface area (Å²) in [5, 5.41) is 0. The highest BCUT2D eigenvalue weighted by atomic mass is 32.2. The van der Waals surface area contributed by atoms with Crippen LogP contribution in [0.4, 0.5) is 10.1 Å². The van der Waals surface area contributed by atoms with E-state index in [4.69, 9.17) is 4.74 Å². The zero-order chi connectivity index (χ0) is 21.9. The van der Waals surface area contributed by atoms with Crippen molar-refractivity contribution in [1.82, 2.24) is 9.62 Å². The van der Waals surface area contributed by atoms with E-state index >= 15 is 0 Å². The van der Waals surface area contributed by atoms with Crippen LogP contribution < -0.4 is 14.4 Å². The van der Waals surface area contributed by atoms with Gasteiger partial charge in [0.2, 0.25) is 15.9 Å². The second-order valence-electron chi connectivity index (χ2n) is 7.24. The van der Waals surface area contributed by atoms with E-state index in [9.17, 15) is 17.6 Å². The minimum Gasteiger partial charge on any atom is -0.496 e. The fraction of sp³-hybridized carbons (Fsp3) is 0.381. The standard InChI is InChI=1S/C21H26FN3O4S/c1-15-14-17(8-9-20(15)29-3)30(27,28)23-16(2)21(26)25-12-10-24(11-13-25)19-7-5-4-6-18(19)22/h4-9,14,16,23H,10-13H2,1-3H3/t16-/m1/s1. The predicted octanol–water partition coefficient (Wildman–Crippen LogP) is 2.16. The molecule has 3 rings (SSSR count). The Bertz CT molecular complexity index is 1020. The molecule has 1 heterocycles. The van der Waals surface area contributed by atoms with Crippen molar-refractivity contribution in [3.05, 3.63) is 53.8 Å². The van der Waals surface area contributed by atoms with Gasteiger partial charge in [0, 0.05) is 26.2 Å². The average Bonchev–Trinajstić information content (AvgIpc) is 2.73. The lowest BCUT2D eigenvalue weighted by atomic mass is 10.2. The molecule has 0 bridgehead atoms. The lowest BCUT2D eigenvalue weighted by molar-refractivity contribution is -0.132. The largest absolute Gasteiger partial charge is 0.496 e. The van der Waals surface area contributed by atoms with Crippen LogP contribution in [0.2, 0.25) is 0 Å². The average molecular weight is 436 g/mol. The summed E-state index contributed by atoms with van der Waals surface area (Å²) in [4.78, 5) is 16.3. The number of benzene rings is 2. The Morgan fingerprint density at radius 3 is 2.40 bits per heavy atom. The number of methoxy groups -OCH3 is 1. The number of carbonyl (C=O) groups is 1. The lowest BCUT2D eigenvalue weighted by Crippen LogP contribution is -2.54. The van der Waals surface area contributed by atoms with Crippen LogP contribution in [0.3, 0.4) is 0 Å². The Morgan fingerprint density at radius 1 is 1.13 bits per heavy atom. The molecule has 1 atom stereocenters. The molecular formula is C21H26FN3O4S. The third-order valence-corrected chi connectivity index (χ3v) is 6.70. The van der Waals surface area contributed by atoms with Crippen molar-refractivity contribution in [3.63, 3.8) is 0 Å². The number of carbonyl (C=O) groups excluding carboxylic acids is 1. The minimum absolute atomic E-state index is 0.0739. The number of ether oxygens (including phenoxy) is 1. The summed E-state index contributed by atoms with van der Waals surface area (Å²) < 4.78 is 47.0. The highest BCUT2D eigenvalue weighted by molar-refractivity contribution is 7.89. The molecule has 1 aliphatic rings. The molecule has 2 aromatic rings. The van der Waals surface area contributed by atoms with Gasteiger partial charge < -0.3 is 14.5 Å². The van der Waals surface area contributed by atoms with Crippen molar-refractivity contribution in [2.24, 2.45) is 0 Å². The molecule has 0 unspecified atom stereocenters. The highest BCUT2D eigenvalue weighted by Crippen LogP contribution is 2.22.